The van der Waals surface area contributed by atoms with Crippen LogP contribution in [0.3, 0.4) is 0 Å². The Labute approximate surface area is 96.9 Å². The minimum Gasteiger partial charge on any atom is -0.271 e. The molecular weight excluding hydrogens is 239 g/mol. The number of hydrogen-bond donors (Lipinski definition) is 1. The van der Waals surface area contributed by atoms with E-state index in [9.17, 15) is 0 Å². The van der Waals surface area contributed by atoms with Gasteiger partial charge in [0.1, 0.15) is 4.99 Å². The highest BCUT2D eigenvalue weighted by molar-refractivity contribution is 7.80. The van der Waals surface area contributed by atoms with Crippen LogP contribution < -0.4 is 5.43 Å². The van der Waals surface area contributed by atoms with Crippen molar-refractivity contribution in [1.82, 2.24) is 5.43 Å². The normalized spacial score (nSPS) is 15.3. The van der Waals surface area contributed by atoms with Crippen LogP contribution in [0.15, 0.2) is 23.3 Å². The summed E-state index contributed by atoms with van der Waals surface area (Å²) in [5.41, 5.74) is 4.47. The predicted octanol–water partition coefficient (Wildman–Crippen LogP) is 3.02. The van der Waals surface area contributed by atoms with Gasteiger partial charge in [-0.2, -0.15) is 5.10 Å². The van der Waals surface area contributed by atoms with Crippen LogP contribution in [-0.2, 0) is 0 Å². The van der Waals surface area contributed by atoms with Crippen LogP contribution >= 0.6 is 35.4 Å². The van der Waals surface area contributed by atoms with Crippen molar-refractivity contribution in [2.24, 2.45) is 5.10 Å². The zero-order valence-electron chi connectivity index (χ0n) is 7.05. The summed E-state index contributed by atoms with van der Waals surface area (Å²) in [6.07, 6.45) is 0.636. The van der Waals surface area contributed by atoms with Crippen molar-refractivity contribution in [1.29, 1.82) is 0 Å². The van der Waals surface area contributed by atoms with Crippen LogP contribution in [0.5, 0.6) is 0 Å². The summed E-state index contributed by atoms with van der Waals surface area (Å²) < 4.78 is 0. The number of rotatable bonds is 1. The fourth-order valence-electron chi connectivity index (χ4n) is 1.24. The van der Waals surface area contributed by atoms with Crippen molar-refractivity contribution < 1.29 is 0 Å². The lowest BCUT2D eigenvalue weighted by Crippen LogP contribution is -2.06. The average molecular weight is 245 g/mol. The first-order valence-electron chi connectivity index (χ1n) is 3.97. The molecule has 0 aromatic heterocycles. The second-order valence-corrected chi connectivity index (χ2v) is 4.23. The second-order valence-electron chi connectivity index (χ2n) is 2.89. The molecule has 1 aromatic carbocycles. The van der Waals surface area contributed by atoms with Crippen molar-refractivity contribution >= 4 is 46.1 Å². The minimum absolute atomic E-state index is 0.600. The Morgan fingerprint density at radius 1 is 1.36 bits per heavy atom. The monoisotopic (exact) mass is 244 g/mol. The van der Waals surface area contributed by atoms with E-state index >= 15 is 0 Å². The van der Waals surface area contributed by atoms with E-state index in [-0.39, 0.29) is 0 Å². The Hall–Kier alpha value is -0.640. The molecule has 2 rings (SSSR count). The molecule has 0 radical (unpaired) electrons. The summed E-state index contributed by atoms with van der Waals surface area (Å²) in [6.45, 7) is 0. The summed E-state index contributed by atoms with van der Waals surface area (Å²) in [7, 11) is 0. The fourth-order valence-corrected chi connectivity index (χ4v) is 1.94. The van der Waals surface area contributed by atoms with Gasteiger partial charge >= 0.3 is 0 Å². The average Bonchev–Trinajstić information content (AvgIpc) is 2.51. The largest absolute Gasteiger partial charge is 0.271 e. The Kier molecular flexibility index (Phi) is 2.72. The maximum absolute atomic E-state index is 6.02. The van der Waals surface area contributed by atoms with Gasteiger partial charge in [0.05, 0.1) is 10.7 Å². The van der Waals surface area contributed by atoms with Gasteiger partial charge < -0.3 is 0 Å². The molecule has 0 bridgehead atoms. The SMILES string of the molecule is S=C1CC(c2ccc(Cl)cc2Cl)=NN1. The highest BCUT2D eigenvalue weighted by Crippen LogP contribution is 2.23. The maximum atomic E-state index is 6.02. The molecular formula is C9H6Cl2N2S. The summed E-state index contributed by atoms with van der Waals surface area (Å²) >= 11 is 16.8. The number of nitrogens with zero attached hydrogens (tertiary/aromatic N) is 1. The number of halogens is 2. The first kappa shape index (κ1) is 9.90. The van der Waals surface area contributed by atoms with Crippen molar-refractivity contribution in [3.05, 3.63) is 33.8 Å². The molecule has 0 amide bonds. The zero-order valence-corrected chi connectivity index (χ0v) is 9.38. The number of hydrogen-bond acceptors (Lipinski definition) is 2. The molecule has 1 aliphatic heterocycles. The first-order valence-corrected chi connectivity index (χ1v) is 5.14. The third-order valence-electron chi connectivity index (χ3n) is 1.89. The standard InChI is InChI=1S/C9H6Cl2N2S/c10-5-1-2-6(7(11)3-5)8-4-9(14)13-12-8/h1-3H,4H2,(H,13,14). The number of hydrazone groups is 1. The first-order chi connectivity index (χ1) is 6.66. The maximum Gasteiger partial charge on any atom is 0.102 e. The third-order valence-corrected chi connectivity index (χ3v) is 2.67. The summed E-state index contributed by atoms with van der Waals surface area (Å²) in [6, 6.07) is 5.33. The zero-order chi connectivity index (χ0) is 10.1. The van der Waals surface area contributed by atoms with Crippen molar-refractivity contribution in [2.75, 3.05) is 0 Å². The van der Waals surface area contributed by atoms with E-state index < -0.39 is 0 Å². The fraction of sp³-hybridized carbons (Fsp3) is 0.111. The number of thiocarbonyl (C=S) groups is 1. The van der Waals surface area contributed by atoms with E-state index in [1.807, 2.05) is 6.07 Å². The van der Waals surface area contributed by atoms with Gasteiger partial charge in [0.2, 0.25) is 0 Å². The third kappa shape index (κ3) is 1.90. The molecule has 1 aromatic rings. The Morgan fingerprint density at radius 2 is 2.14 bits per heavy atom. The van der Waals surface area contributed by atoms with E-state index in [1.54, 1.807) is 12.1 Å². The van der Waals surface area contributed by atoms with E-state index in [4.69, 9.17) is 35.4 Å². The van der Waals surface area contributed by atoms with E-state index in [2.05, 4.69) is 10.5 Å². The van der Waals surface area contributed by atoms with Crippen molar-refractivity contribution in [2.45, 2.75) is 6.42 Å². The van der Waals surface area contributed by atoms with Crippen LogP contribution in [0.1, 0.15) is 12.0 Å². The van der Waals surface area contributed by atoms with Crippen LogP contribution in [0.2, 0.25) is 10.0 Å². The number of benzene rings is 1. The van der Waals surface area contributed by atoms with Gasteiger partial charge in [0.15, 0.2) is 0 Å². The summed E-state index contributed by atoms with van der Waals surface area (Å²) in [4.78, 5) is 0.714. The minimum atomic E-state index is 0.600. The molecule has 0 saturated carbocycles. The van der Waals surface area contributed by atoms with Crippen molar-refractivity contribution in [3.8, 4) is 0 Å². The Bertz CT molecular complexity index is 429. The molecule has 5 heteroatoms. The lowest BCUT2D eigenvalue weighted by molar-refractivity contribution is 1.08. The molecule has 0 unspecified atom stereocenters. The molecule has 1 aliphatic rings. The van der Waals surface area contributed by atoms with Gasteiger partial charge in [-0.1, -0.05) is 41.5 Å². The molecule has 2 nitrogen and oxygen atoms in total. The Morgan fingerprint density at radius 3 is 2.71 bits per heavy atom. The topological polar surface area (TPSA) is 24.4 Å². The van der Waals surface area contributed by atoms with Gasteiger partial charge in [-0.05, 0) is 12.1 Å². The molecule has 1 heterocycles. The molecule has 14 heavy (non-hydrogen) atoms. The highest BCUT2D eigenvalue weighted by Gasteiger charge is 2.15. The highest BCUT2D eigenvalue weighted by atomic mass is 35.5. The van der Waals surface area contributed by atoms with Crippen LogP contribution in [0, 0.1) is 0 Å². The van der Waals surface area contributed by atoms with Gasteiger partial charge in [-0.25, -0.2) is 0 Å². The van der Waals surface area contributed by atoms with Crippen LogP contribution in [-0.4, -0.2) is 10.7 Å². The molecule has 0 aliphatic carbocycles. The van der Waals surface area contributed by atoms with Gasteiger partial charge in [0, 0.05) is 17.0 Å². The van der Waals surface area contributed by atoms with E-state index in [0.29, 0.717) is 21.5 Å². The quantitative estimate of drug-likeness (QED) is 0.769. The van der Waals surface area contributed by atoms with Gasteiger partial charge in [0.25, 0.3) is 0 Å². The molecule has 0 spiro atoms. The van der Waals surface area contributed by atoms with Crippen molar-refractivity contribution in [3.63, 3.8) is 0 Å². The lowest BCUT2D eigenvalue weighted by Gasteiger charge is -2.02. The van der Waals surface area contributed by atoms with E-state index in [0.717, 1.165) is 11.3 Å². The summed E-state index contributed by atoms with van der Waals surface area (Å²) in [5, 5.41) is 5.29. The van der Waals surface area contributed by atoms with Gasteiger partial charge in [-0.3, -0.25) is 5.43 Å². The predicted molar refractivity (Wildman–Crippen MR) is 63.3 cm³/mol. The molecule has 1 N–H and O–H groups in total. The molecule has 0 atom stereocenters. The van der Waals surface area contributed by atoms with Gasteiger partial charge in [-0.15, -0.1) is 0 Å². The van der Waals surface area contributed by atoms with Crippen LogP contribution in [0.25, 0.3) is 0 Å². The molecule has 0 saturated heterocycles. The smallest absolute Gasteiger partial charge is 0.102 e. The molecule has 72 valence electrons. The number of nitrogens with one attached hydrogen (secondary N) is 1. The Balaban J connectivity index is 2.38. The summed E-state index contributed by atoms with van der Waals surface area (Å²) in [5.74, 6) is 0. The van der Waals surface area contributed by atoms with E-state index in [1.165, 1.54) is 0 Å². The lowest BCUT2D eigenvalue weighted by atomic mass is 10.1. The molecule has 0 fully saturated rings. The second kappa shape index (κ2) is 3.85. The van der Waals surface area contributed by atoms with Crippen LogP contribution in [0.4, 0.5) is 0 Å².